The number of amidine groups is 2. The van der Waals surface area contributed by atoms with Crippen LogP contribution >= 0.6 is 0 Å². The number of aliphatic imine (C=N–C) groups is 2. The highest BCUT2D eigenvalue weighted by Crippen LogP contribution is 2.38. The molecule has 10 heteroatoms. The minimum Gasteiger partial charge on any atom is -0.339 e. The van der Waals surface area contributed by atoms with Crippen LogP contribution in [0.4, 0.5) is 0 Å². The molecule has 0 aromatic rings. The highest BCUT2D eigenvalue weighted by Gasteiger charge is 2.53. The maximum Gasteiger partial charge on any atom is 0.257 e. The van der Waals surface area contributed by atoms with Crippen LogP contribution in [0.1, 0.15) is 138 Å². The first-order valence-electron chi connectivity index (χ1n) is 18.9. The molecule has 4 amide bonds. The van der Waals surface area contributed by atoms with E-state index in [1.165, 1.54) is 0 Å². The molecule has 2 spiro atoms. The number of carbonyl (C=O) groups is 4. The van der Waals surface area contributed by atoms with Crippen LogP contribution in [0.5, 0.6) is 0 Å². The molecule has 2 unspecified atom stereocenters. The van der Waals surface area contributed by atoms with Gasteiger partial charge in [0.25, 0.3) is 11.8 Å². The maximum atomic E-state index is 13.2. The van der Waals surface area contributed by atoms with Crippen molar-refractivity contribution >= 4 is 35.3 Å². The smallest absolute Gasteiger partial charge is 0.257 e. The van der Waals surface area contributed by atoms with Crippen LogP contribution in [0.15, 0.2) is 9.98 Å². The maximum absolute atomic E-state index is 13.2. The molecular formula is C37H62N6O4. The topological polar surface area (TPSA) is 106 Å². The van der Waals surface area contributed by atoms with Gasteiger partial charge in [-0.05, 0) is 78.1 Å². The average Bonchev–Trinajstić information content (AvgIpc) is 3.83. The Balaban J connectivity index is 0.000000204. The third-order valence-electron chi connectivity index (χ3n) is 10.6. The second-order valence-electron chi connectivity index (χ2n) is 14.6. The number of piperidine rings is 2. The van der Waals surface area contributed by atoms with E-state index >= 15 is 0 Å². The molecule has 0 N–H and O–H groups in total. The van der Waals surface area contributed by atoms with Crippen molar-refractivity contribution in [3.8, 4) is 0 Å². The van der Waals surface area contributed by atoms with E-state index in [9.17, 15) is 19.2 Å². The first-order chi connectivity index (χ1) is 22.6. The van der Waals surface area contributed by atoms with Crippen LogP contribution in [0.2, 0.25) is 0 Å². The molecule has 2 aliphatic carbocycles. The number of rotatable bonds is 9. The lowest BCUT2D eigenvalue weighted by atomic mass is 9.82. The first-order valence-corrected chi connectivity index (χ1v) is 18.9. The van der Waals surface area contributed by atoms with E-state index in [2.05, 4.69) is 27.7 Å². The molecule has 0 aromatic carbocycles. The molecule has 2 atom stereocenters. The van der Waals surface area contributed by atoms with Crippen molar-refractivity contribution < 1.29 is 19.2 Å². The van der Waals surface area contributed by atoms with E-state index in [1.54, 1.807) is 4.90 Å². The molecule has 0 aromatic heterocycles. The molecular weight excluding hydrogens is 592 g/mol. The summed E-state index contributed by atoms with van der Waals surface area (Å²) in [6.45, 7) is 15.0. The van der Waals surface area contributed by atoms with Gasteiger partial charge in [-0.25, -0.2) is 0 Å². The van der Waals surface area contributed by atoms with Gasteiger partial charge in [-0.3, -0.25) is 34.1 Å². The number of likely N-dealkylation sites (N-methyl/N-ethyl adjacent to an activating group) is 1. The van der Waals surface area contributed by atoms with Crippen LogP contribution in [0.25, 0.3) is 0 Å². The summed E-state index contributed by atoms with van der Waals surface area (Å²) in [7, 11) is 1.83. The number of amides is 4. The van der Waals surface area contributed by atoms with Crippen molar-refractivity contribution in [3.05, 3.63) is 0 Å². The third-order valence-corrected chi connectivity index (χ3v) is 10.6. The Hall–Kier alpha value is -2.78. The Morgan fingerprint density at radius 3 is 1.66 bits per heavy atom. The second-order valence-corrected chi connectivity index (χ2v) is 14.6. The van der Waals surface area contributed by atoms with Gasteiger partial charge in [-0.2, -0.15) is 0 Å². The summed E-state index contributed by atoms with van der Waals surface area (Å²) < 4.78 is 0. The summed E-state index contributed by atoms with van der Waals surface area (Å²) in [4.78, 5) is 68.0. The molecule has 10 nitrogen and oxygen atoms in total. The summed E-state index contributed by atoms with van der Waals surface area (Å²) >= 11 is 0. The zero-order chi connectivity index (χ0) is 34.4. The molecule has 47 heavy (non-hydrogen) atoms. The fourth-order valence-electron chi connectivity index (χ4n) is 7.57. The van der Waals surface area contributed by atoms with Crippen molar-refractivity contribution in [1.82, 2.24) is 19.6 Å². The van der Waals surface area contributed by atoms with Gasteiger partial charge >= 0.3 is 0 Å². The highest BCUT2D eigenvalue weighted by atomic mass is 16.2. The van der Waals surface area contributed by atoms with E-state index < -0.39 is 11.1 Å². The zero-order valence-corrected chi connectivity index (χ0v) is 30.5. The molecule has 4 heterocycles. The summed E-state index contributed by atoms with van der Waals surface area (Å²) in [6.07, 6.45) is 14.5. The van der Waals surface area contributed by atoms with Crippen molar-refractivity contribution in [2.45, 2.75) is 155 Å². The standard InChI is InChI=1S/C19H31N3O2.C16H25N3O2.C2H6/c1-4-5-10-16-20-19(18(24)22(16)14(2)3)11-7-12-21(13-19)17(23)15-8-6-9-15;1-3-4-6-13-17-16(15(21)18(13)2)9-5-10-19(11-16)14(20)12-7-8-12;1-2/h14-15H,4-13H2,1-3H3;12H,3-11H2,1-2H3;1-2H3. The van der Waals surface area contributed by atoms with Gasteiger partial charge < -0.3 is 14.7 Å². The minimum absolute atomic E-state index is 0.0851. The molecule has 4 fully saturated rings. The van der Waals surface area contributed by atoms with E-state index in [0.717, 1.165) is 121 Å². The summed E-state index contributed by atoms with van der Waals surface area (Å²) in [5.74, 6) is 2.96. The predicted octanol–water partition coefficient (Wildman–Crippen LogP) is 5.83. The van der Waals surface area contributed by atoms with Gasteiger partial charge in [-0.1, -0.05) is 47.0 Å². The third kappa shape index (κ3) is 7.93. The van der Waals surface area contributed by atoms with E-state index in [4.69, 9.17) is 9.98 Å². The number of nitrogens with zero attached hydrogens (tertiary/aromatic N) is 6. The normalized spacial score (nSPS) is 27.4. The molecule has 2 saturated carbocycles. The lowest BCUT2D eigenvalue weighted by Gasteiger charge is -2.40. The average molecular weight is 655 g/mol. The van der Waals surface area contributed by atoms with E-state index in [0.29, 0.717) is 13.1 Å². The lowest BCUT2D eigenvalue weighted by molar-refractivity contribution is -0.144. The number of hydrogen-bond donors (Lipinski definition) is 0. The van der Waals surface area contributed by atoms with Crippen molar-refractivity contribution in [1.29, 1.82) is 0 Å². The van der Waals surface area contributed by atoms with Gasteiger partial charge in [0.2, 0.25) is 11.8 Å². The quantitative estimate of drug-likeness (QED) is 0.312. The van der Waals surface area contributed by atoms with Crippen molar-refractivity contribution in [2.75, 3.05) is 33.2 Å². The monoisotopic (exact) mass is 654 g/mol. The fraction of sp³-hybridized carbons (Fsp3) is 0.838. The van der Waals surface area contributed by atoms with Crippen LogP contribution in [0.3, 0.4) is 0 Å². The predicted molar refractivity (Wildman–Crippen MR) is 187 cm³/mol. The van der Waals surface area contributed by atoms with Gasteiger partial charge in [0.05, 0.1) is 13.1 Å². The number of carbonyl (C=O) groups excluding carboxylic acids is 4. The van der Waals surface area contributed by atoms with Crippen LogP contribution in [-0.4, -0.2) is 105 Å². The lowest BCUT2D eigenvalue weighted by Crippen LogP contribution is -2.56. The summed E-state index contributed by atoms with van der Waals surface area (Å²) in [5, 5.41) is 0. The van der Waals surface area contributed by atoms with Crippen molar-refractivity contribution in [3.63, 3.8) is 0 Å². The molecule has 6 aliphatic rings. The van der Waals surface area contributed by atoms with Crippen LogP contribution in [-0.2, 0) is 19.2 Å². The zero-order valence-electron chi connectivity index (χ0n) is 30.5. The summed E-state index contributed by atoms with van der Waals surface area (Å²) in [5.41, 5.74) is -1.38. The Kier molecular flexibility index (Phi) is 12.7. The van der Waals surface area contributed by atoms with Crippen LogP contribution < -0.4 is 0 Å². The SMILES string of the molecule is CC.CCCCC1=NC2(CCCN(C(=O)C3CC3)C2)C(=O)N1C.CCCCC1=NC2(CCCN(C(=O)C3CCC3)C2)C(=O)N1C(C)C. The molecule has 2 saturated heterocycles. The number of hydrogen-bond acceptors (Lipinski definition) is 6. The molecule has 4 aliphatic heterocycles. The second kappa shape index (κ2) is 16.1. The Labute approximate surface area is 283 Å². The molecule has 264 valence electrons. The van der Waals surface area contributed by atoms with E-state index in [1.807, 2.05) is 35.6 Å². The largest absolute Gasteiger partial charge is 0.339 e. The highest BCUT2D eigenvalue weighted by molar-refractivity contribution is 6.09. The first kappa shape index (κ1) is 37.0. The van der Waals surface area contributed by atoms with Crippen LogP contribution in [0, 0.1) is 11.8 Å². The summed E-state index contributed by atoms with van der Waals surface area (Å²) in [6, 6.07) is 0.130. The van der Waals surface area contributed by atoms with Crippen molar-refractivity contribution in [2.24, 2.45) is 21.8 Å². The minimum atomic E-state index is -0.703. The fourth-order valence-corrected chi connectivity index (χ4v) is 7.57. The Morgan fingerprint density at radius 1 is 0.745 bits per heavy atom. The Morgan fingerprint density at radius 2 is 1.21 bits per heavy atom. The van der Waals surface area contributed by atoms with Gasteiger partial charge in [0, 0.05) is 50.9 Å². The number of unbranched alkanes of at least 4 members (excludes halogenated alkanes) is 2. The number of likely N-dealkylation sites (tertiary alicyclic amines) is 2. The van der Waals surface area contributed by atoms with E-state index in [-0.39, 0.29) is 41.5 Å². The molecule has 0 radical (unpaired) electrons. The Bertz CT molecular complexity index is 1210. The molecule has 0 bridgehead atoms. The molecule has 6 rings (SSSR count). The van der Waals surface area contributed by atoms with Gasteiger partial charge in [0.1, 0.15) is 11.7 Å². The van der Waals surface area contributed by atoms with Gasteiger partial charge in [0.15, 0.2) is 11.1 Å². The van der Waals surface area contributed by atoms with Gasteiger partial charge in [-0.15, -0.1) is 0 Å².